The van der Waals surface area contributed by atoms with E-state index in [4.69, 9.17) is 0 Å². The maximum absolute atomic E-state index is 13.5. The molecule has 1 aliphatic heterocycles. The van der Waals surface area contributed by atoms with E-state index in [1.165, 1.54) is 17.7 Å². The molecule has 1 atom stereocenters. The summed E-state index contributed by atoms with van der Waals surface area (Å²) >= 11 is 0. The van der Waals surface area contributed by atoms with E-state index in [2.05, 4.69) is 41.3 Å². The molecule has 1 unspecified atom stereocenters. The monoisotopic (exact) mass is 418 g/mol. The van der Waals surface area contributed by atoms with Crippen LogP contribution in [0.1, 0.15) is 38.2 Å². The number of carbonyl (C=O) groups is 1. The zero-order chi connectivity index (χ0) is 21.8. The normalized spacial score (nSPS) is 16.4. The van der Waals surface area contributed by atoms with Gasteiger partial charge in [0.25, 0.3) is 0 Å². The number of amides is 1. The molecule has 0 radical (unpaired) electrons. The first-order valence-electron chi connectivity index (χ1n) is 10.7. The van der Waals surface area contributed by atoms with E-state index in [-0.39, 0.29) is 17.6 Å². The molecule has 0 bridgehead atoms. The van der Waals surface area contributed by atoms with Crippen LogP contribution in [-0.2, 0) is 4.79 Å². The number of rotatable bonds is 5. The van der Waals surface area contributed by atoms with Gasteiger partial charge in [0.1, 0.15) is 5.82 Å². The zero-order valence-corrected chi connectivity index (χ0v) is 17.9. The fourth-order valence-corrected chi connectivity index (χ4v) is 3.87. The molecule has 4 rings (SSSR count). The van der Waals surface area contributed by atoms with Crippen molar-refractivity contribution in [1.29, 1.82) is 0 Å². The molecule has 3 aromatic rings. The van der Waals surface area contributed by atoms with Crippen LogP contribution in [0, 0.1) is 11.7 Å². The Balaban J connectivity index is 1.40. The van der Waals surface area contributed by atoms with Gasteiger partial charge < -0.3 is 10.2 Å². The van der Waals surface area contributed by atoms with Crippen molar-refractivity contribution in [3.05, 3.63) is 72.3 Å². The summed E-state index contributed by atoms with van der Waals surface area (Å²) in [5.74, 6) is 0.677. The van der Waals surface area contributed by atoms with E-state index in [1.54, 1.807) is 18.5 Å². The van der Waals surface area contributed by atoms with Crippen molar-refractivity contribution in [1.82, 2.24) is 9.97 Å². The second kappa shape index (κ2) is 9.25. The Morgan fingerprint density at radius 2 is 1.84 bits per heavy atom. The van der Waals surface area contributed by atoms with Crippen LogP contribution in [0.2, 0.25) is 0 Å². The summed E-state index contributed by atoms with van der Waals surface area (Å²) in [6.45, 7) is 5.69. The highest BCUT2D eigenvalue weighted by atomic mass is 19.1. The quantitative estimate of drug-likeness (QED) is 0.614. The minimum atomic E-state index is -0.287. The number of carbonyl (C=O) groups excluding carboxylic acids is 1. The van der Waals surface area contributed by atoms with Crippen molar-refractivity contribution in [2.75, 3.05) is 23.3 Å². The summed E-state index contributed by atoms with van der Waals surface area (Å²) in [6.07, 6.45) is 5.15. The number of nitrogens with one attached hydrogen (secondary N) is 1. The van der Waals surface area contributed by atoms with Crippen LogP contribution < -0.4 is 10.2 Å². The van der Waals surface area contributed by atoms with Gasteiger partial charge in [-0.2, -0.15) is 0 Å². The maximum atomic E-state index is 13.5. The zero-order valence-electron chi connectivity index (χ0n) is 17.9. The first kappa shape index (κ1) is 21.0. The lowest BCUT2D eigenvalue weighted by atomic mass is 9.97. The average molecular weight is 419 g/mol. The molecule has 0 aliphatic carbocycles. The molecular weight excluding hydrogens is 391 g/mol. The van der Waals surface area contributed by atoms with Gasteiger partial charge in [0.15, 0.2) is 0 Å². The van der Waals surface area contributed by atoms with Crippen molar-refractivity contribution >= 4 is 17.5 Å². The Morgan fingerprint density at radius 1 is 1.10 bits per heavy atom. The van der Waals surface area contributed by atoms with Crippen LogP contribution in [-0.4, -0.2) is 29.0 Å². The topological polar surface area (TPSA) is 58.1 Å². The molecule has 1 saturated heterocycles. The standard InChI is InChI=1S/C25H27FN4O/c1-17(2)18-8-10-23(11-9-18)29-24(31)20-6-4-12-30(16-20)25-27-14-21(15-28-25)19-5-3-7-22(26)13-19/h3,5,7-11,13-15,17,20H,4,6,12,16H2,1-2H3,(H,29,31). The predicted octanol–water partition coefficient (Wildman–Crippen LogP) is 5.26. The van der Waals surface area contributed by atoms with Crippen molar-refractivity contribution < 1.29 is 9.18 Å². The Morgan fingerprint density at radius 3 is 2.52 bits per heavy atom. The van der Waals surface area contributed by atoms with Gasteiger partial charge in [0, 0.05) is 36.7 Å². The summed E-state index contributed by atoms with van der Waals surface area (Å²) in [5.41, 5.74) is 3.58. The number of halogens is 1. The fourth-order valence-electron chi connectivity index (χ4n) is 3.87. The van der Waals surface area contributed by atoms with E-state index in [1.807, 2.05) is 23.1 Å². The third-order valence-corrected chi connectivity index (χ3v) is 5.72. The number of hydrogen-bond acceptors (Lipinski definition) is 4. The van der Waals surface area contributed by atoms with Gasteiger partial charge in [0.05, 0.1) is 5.92 Å². The molecule has 1 aliphatic rings. The molecule has 1 aromatic heterocycles. The van der Waals surface area contributed by atoms with Gasteiger partial charge in [-0.1, -0.05) is 38.1 Å². The van der Waals surface area contributed by atoms with E-state index < -0.39 is 0 Å². The Labute approximate surface area is 182 Å². The van der Waals surface area contributed by atoms with E-state index in [0.29, 0.717) is 18.4 Å². The molecule has 1 fully saturated rings. The van der Waals surface area contributed by atoms with Crippen molar-refractivity contribution in [2.45, 2.75) is 32.6 Å². The first-order chi connectivity index (χ1) is 15.0. The highest BCUT2D eigenvalue weighted by Gasteiger charge is 2.27. The van der Waals surface area contributed by atoms with E-state index in [0.717, 1.165) is 36.2 Å². The molecule has 1 amide bonds. The molecule has 1 N–H and O–H groups in total. The smallest absolute Gasteiger partial charge is 0.229 e. The molecular formula is C25H27FN4O. The van der Waals surface area contributed by atoms with E-state index >= 15 is 0 Å². The summed E-state index contributed by atoms with van der Waals surface area (Å²) in [5, 5.41) is 3.04. The fraction of sp³-hybridized carbons (Fsp3) is 0.320. The van der Waals surface area contributed by atoms with Gasteiger partial charge in [-0.3, -0.25) is 4.79 Å². The number of piperidine rings is 1. The van der Waals surface area contributed by atoms with Crippen molar-refractivity contribution in [2.24, 2.45) is 5.92 Å². The summed E-state index contributed by atoms with van der Waals surface area (Å²) in [6, 6.07) is 14.4. The maximum Gasteiger partial charge on any atom is 0.229 e. The van der Waals surface area contributed by atoms with Crippen LogP contribution in [0.15, 0.2) is 60.9 Å². The lowest BCUT2D eigenvalue weighted by molar-refractivity contribution is -0.120. The molecule has 160 valence electrons. The van der Waals surface area contributed by atoms with Crippen molar-refractivity contribution in [3.63, 3.8) is 0 Å². The minimum absolute atomic E-state index is 0.0263. The van der Waals surface area contributed by atoms with Gasteiger partial charge in [-0.25, -0.2) is 14.4 Å². The lowest BCUT2D eigenvalue weighted by Gasteiger charge is -2.32. The molecule has 31 heavy (non-hydrogen) atoms. The van der Waals surface area contributed by atoms with Gasteiger partial charge in [-0.15, -0.1) is 0 Å². The Bertz CT molecular complexity index is 1030. The second-order valence-corrected chi connectivity index (χ2v) is 8.33. The van der Waals surface area contributed by atoms with Crippen LogP contribution in [0.4, 0.5) is 16.0 Å². The highest BCUT2D eigenvalue weighted by molar-refractivity contribution is 5.93. The minimum Gasteiger partial charge on any atom is -0.340 e. The number of nitrogens with zero attached hydrogens (tertiary/aromatic N) is 3. The van der Waals surface area contributed by atoms with Crippen LogP contribution >= 0.6 is 0 Å². The number of aromatic nitrogens is 2. The van der Waals surface area contributed by atoms with Gasteiger partial charge >= 0.3 is 0 Å². The average Bonchev–Trinajstić information content (AvgIpc) is 2.79. The van der Waals surface area contributed by atoms with Crippen molar-refractivity contribution in [3.8, 4) is 11.1 Å². The second-order valence-electron chi connectivity index (χ2n) is 8.33. The van der Waals surface area contributed by atoms with E-state index in [9.17, 15) is 9.18 Å². The third kappa shape index (κ3) is 5.08. The molecule has 5 nitrogen and oxygen atoms in total. The van der Waals surface area contributed by atoms with Crippen LogP contribution in [0.5, 0.6) is 0 Å². The summed E-state index contributed by atoms with van der Waals surface area (Å²) in [7, 11) is 0. The number of benzene rings is 2. The molecule has 0 saturated carbocycles. The van der Waals surface area contributed by atoms with Gasteiger partial charge in [0.2, 0.25) is 11.9 Å². The molecule has 0 spiro atoms. The van der Waals surface area contributed by atoms with Crippen LogP contribution in [0.3, 0.4) is 0 Å². The Kier molecular flexibility index (Phi) is 6.26. The number of hydrogen-bond donors (Lipinski definition) is 1. The summed E-state index contributed by atoms with van der Waals surface area (Å²) < 4.78 is 13.5. The molecule has 6 heteroatoms. The van der Waals surface area contributed by atoms with Crippen LogP contribution in [0.25, 0.3) is 11.1 Å². The molecule has 2 aromatic carbocycles. The SMILES string of the molecule is CC(C)c1ccc(NC(=O)C2CCCN(c3ncc(-c4cccc(F)c4)cn3)C2)cc1. The number of anilines is 2. The largest absolute Gasteiger partial charge is 0.340 e. The lowest BCUT2D eigenvalue weighted by Crippen LogP contribution is -2.41. The predicted molar refractivity (Wildman–Crippen MR) is 122 cm³/mol. The first-order valence-corrected chi connectivity index (χ1v) is 10.7. The highest BCUT2D eigenvalue weighted by Crippen LogP contribution is 2.24. The molecule has 2 heterocycles. The summed E-state index contributed by atoms with van der Waals surface area (Å²) in [4.78, 5) is 23.8. The Hall–Kier alpha value is -3.28. The van der Waals surface area contributed by atoms with Gasteiger partial charge in [-0.05, 0) is 54.2 Å². The third-order valence-electron chi connectivity index (χ3n) is 5.72.